The lowest BCUT2D eigenvalue weighted by molar-refractivity contribution is 0.782. The van der Waals surface area contributed by atoms with Crippen molar-refractivity contribution < 1.29 is 0 Å². The molecule has 4 nitrogen and oxygen atoms in total. The molecule has 1 heterocycles. The minimum absolute atomic E-state index is 0.831. The molecule has 0 saturated heterocycles. The minimum Gasteiger partial charge on any atom is -0.370 e. The largest absolute Gasteiger partial charge is 0.370 e. The molecule has 1 aliphatic carbocycles. The molecule has 18 heavy (non-hydrogen) atoms. The van der Waals surface area contributed by atoms with Gasteiger partial charge in [-0.1, -0.05) is 20.8 Å². The van der Waals surface area contributed by atoms with Gasteiger partial charge in [-0.25, -0.2) is 9.97 Å². The molecule has 100 valence electrons. The number of hydrogen-bond donors (Lipinski definition) is 2. The highest BCUT2D eigenvalue weighted by molar-refractivity contribution is 5.47. The summed E-state index contributed by atoms with van der Waals surface area (Å²) >= 11 is 0. The molecule has 1 aliphatic rings. The summed E-state index contributed by atoms with van der Waals surface area (Å²) in [6, 6.07) is 2.02. The number of anilines is 2. The summed E-state index contributed by atoms with van der Waals surface area (Å²) in [7, 11) is 0. The van der Waals surface area contributed by atoms with Crippen molar-refractivity contribution in [1.29, 1.82) is 0 Å². The molecular weight excluding hydrogens is 224 g/mol. The Morgan fingerprint density at radius 2 is 1.89 bits per heavy atom. The van der Waals surface area contributed by atoms with Gasteiger partial charge in [-0.05, 0) is 24.7 Å². The first-order valence-corrected chi connectivity index (χ1v) is 7.08. The van der Waals surface area contributed by atoms with Crippen LogP contribution in [0, 0.1) is 11.8 Å². The quantitative estimate of drug-likeness (QED) is 0.779. The normalized spacial score (nSPS) is 21.7. The van der Waals surface area contributed by atoms with Crippen molar-refractivity contribution in [2.24, 2.45) is 11.8 Å². The third kappa shape index (κ3) is 3.59. The van der Waals surface area contributed by atoms with Gasteiger partial charge < -0.3 is 10.6 Å². The van der Waals surface area contributed by atoms with Crippen LogP contribution < -0.4 is 10.6 Å². The van der Waals surface area contributed by atoms with E-state index in [0.717, 1.165) is 55.2 Å². The van der Waals surface area contributed by atoms with Gasteiger partial charge in [-0.15, -0.1) is 0 Å². The van der Waals surface area contributed by atoms with Gasteiger partial charge in [0.1, 0.15) is 17.5 Å². The van der Waals surface area contributed by atoms with E-state index in [1.54, 1.807) is 0 Å². The van der Waals surface area contributed by atoms with Crippen molar-refractivity contribution >= 4 is 11.6 Å². The summed E-state index contributed by atoms with van der Waals surface area (Å²) < 4.78 is 0. The predicted octanol–water partition coefficient (Wildman–Crippen LogP) is 2.93. The molecule has 2 unspecified atom stereocenters. The number of aromatic nitrogens is 2. The zero-order chi connectivity index (χ0) is 13.0. The van der Waals surface area contributed by atoms with Gasteiger partial charge in [0.05, 0.1) is 0 Å². The van der Waals surface area contributed by atoms with Crippen molar-refractivity contribution in [2.75, 3.05) is 23.7 Å². The maximum Gasteiger partial charge on any atom is 0.132 e. The van der Waals surface area contributed by atoms with Crippen LogP contribution >= 0.6 is 0 Å². The second kappa shape index (κ2) is 6.03. The van der Waals surface area contributed by atoms with Crippen LogP contribution in [0.5, 0.6) is 0 Å². The molecule has 2 rings (SSSR count). The van der Waals surface area contributed by atoms with E-state index in [1.165, 1.54) is 6.42 Å². The number of nitrogens with zero attached hydrogens (tertiary/aromatic N) is 2. The Morgan fingerprint density at radius 3 is 2.44 bits per heavy atom. The summed E-state index contributed by atoms with van der Waals surface area (Å²) in [5, 5.41) is 6.77. The fourth-order valence-corrected chi connectivity index (χ4v) is 2.01. The van der Waals surface area contributed by atoms with Gasteiger partial charge in [-0.3, -0.25) is 0 Å². The van der Waals surface area contributed by atoms with Gasteiger partial charge in [0.15, 0.2) is 0 Å². The molecule has 2 N–H and O–H groups in total. The van der Waals surface area contributed by atoms with Crippen molar-refractivity contribution in [3.8, 4) is 0 Å². The third-order valence-electron chi connectivity index (χ3n) is 3.47. The molecule has 1 aromatic rings. The third-order valence-corrected chi connectivity index (χ3v) is 3.47. The molecular formula is C14H24N4. The average molecular weight is 248 g/mol. The van der Waals surface area contributed by atoms with Crippen LogP contribution in [0.3, 0.4) is 0 Å². The van der Waals surface area contributed by atoms with E-state index in [-0.39, 0.29) is 0 Å². The topological polar surface area (TPSA) is 49.8 Å². The Balaban J connectivity index is 1.98. The Hall–Kier alpha value is -1.32. The van der Waals surface area contributed by atoms with E-state index >= 15 is 0 Å². The van der Waals surface area contributed by atoms with E-state index < -0.39 is 0 Å². The highest BCUT2D eigenvalue weighted by Gasteiger charge is 2.31. The molecule has 0 amide bonds. The fraction of sp³-hybridized carbons (Fsp3) is 0.714. The zero-order valence-electron chi connectivity index (χ0n) is 11.7. The number of nitrogens with one attached hydrogen (secondary N) is 2. The minimum atomic E-state index is 0.831. The van der Waals surface area contributed by atoms with Gasteiger partial charge in [0.2, 0.25) is 0 Å². The van der Waals surface area contributed by atoms with Crippen molar-refractivity contribution in [3.05, 3.63) is 11.9 Å². The lowest BCUT2D eigenvalue weighted by atomic mass is 10.3. The fourth-order valence-electron chi connectivity index (χ4n) is 2.01. The first kappa shape index (κ1) is 13.1. The average Bonchev–Trinajstić information content (AvgIpc) is 3.09. The van der Waals surface area contributed by atoms with Gasteiger partial charge in [-0.2, -0.15) is 0 Å². The SMILES string of the molecule is CCCNc1cc(NCC2CC2C)nc(CC)n1. The van der Waals surface area contributed by atoms with E-state index in [2.05, 4.69) is 41.4 Å². The second-order valence-electron chi connectivity index (χ2n) is 5.19. The number of aryl methyl sites for hydroxylation is 1. The van der Waals surface area contributed by atoms with Crippen LogP contribution in [0.1, 0.15) is 39.4 Å². The second-order valence-corrected chi connectivity index (χ2v) is 5.19. The van der Waals surface area contributed by atoms with Crippen LogP contribution in [-0.4, -0.2) is 23.1 Å². The van der Waals surface area contributed by atoms with Gasteiger partial charge >= 0.3 is 0 Å². The van der Waals surface area contributed by atoms with E-state index in [4.69, 9.17) is 0 Å². The molecule has 0 aromatic carbocycles. The molecule has 2 atom stereocenters. The maximum absolute atomic E-state index is 4.52. The Labute approximate surface area is 110 Å². The molecule has 4 heteroatoms. The number of hydrogen-bond acceptors (Lipinski definition) is 4. The van der Waals surface area contributed by atoms with Crippen LogP contribution in [0.4, 0.5) is 11.6 Å². The molecule has 0 spiro atoms. The summed E-state index contributed by atoms with van der Waals surface area (Å²) in [4.78, 5) is 9.01. The van der Waals surface area contributed by atoms with Crippen molar-refractivity contribution in [2.45, 2.75) is 40.0 Å². The molecule has 0 aliphatic heterocycles. The summed E-state index contributed by atoms with van der Waals surface area (Å²) in [6.45, 7) is 8.54. The van der Waals surface area contributed by atoms with E-state index in [1.807, 2.05) is 6.07 Å². The van der Waals surface area contributed by atoms with Gasteiger partial charge in [0, 0.05) is 25.6 Å². The molecule has 1 aromatic heterocycles. The molecule has 0 bridgehead atoms. The van der Waals surface area contributed by atoms with Crippen LogP contribution in [0.25, 0.3) is 0 Å². The van der Waals surface area contributed by atoms with E-state index in [9.17, 15) is 0 Å². The first-order chi connectivity index (χ1) is 8.72. The summed E-state index contributed by atoms with van der Waals surface area (Å²) in [5.74, 6) is 4.51. The zero-order valence-corrected chi connectivity index (χ0v) is 11.7. The van der Waals surface area contributed by atoms with Crippen LogP contribution in [0.15, 0.2) is 6.07 Å². The molecule has 1 saturated carbocycles. The lowest BCUT2D eigenvalue weighted by Gasteiger charge is -2.10. The smallest absolute Gasteiger partial charge is 0.132 e. The van der Waals surface area contributed by atoms with Crippen molar-refractivity contribution in [3.63, 3.8) is 0 Å². The lowest BCUT2D eigenvalue weighted by Crippen LogP contribution is -2.10. The monoisotopic (exact) mass is 248 g/mol. The molecule has 1 fully saturated rings. The summed E-state index contributed by atoms with van der Waals surface area (Å²) in [6.07, 6.45) is 3.32. The standard InChI is InChI=1S/C14H24N4/c1-4-6-15-13-8-14(18-12(5-2)17-13)16-9-11-7-10(11)3/h8,10-11H,4-7,9H2,1-3H3,(H2,15,16,17,18). The predicted molar refractivity (Wildman–Crippen MR) is 76.0 cm³/mol. The van der Waals surface area contributed by atoms with Crippen molar-refractivity contribution in [1.82, 2.24) is 9.97 Å². The first-order valence-electron chi connectivity index (χ1n) is 7.08. The Kier molecular flexibility index (Phi) is 4.39. The Bertz CT molecular complexity index is 391. The molecule has 0 radical (unpaired) electrons. The Morgan fingerprint density at radius 1 is 1.22 bits per heavy atom. The number of rotatable bonds is 7. The maximum atomic E-state index is 4.52. The van der Waals surface area contributed by atoms with E-state index in [0.29, 0.717) is 0 Å². The summed E-state index contributed by atoms with van der Waals surface area (Å²) in [5.41, 5.74) is 0. The van der Waals surface area contributed by atoms with Gasteiger partial charge in [0.25, 0.3) is 0 Å². The van der Waals surface area contributed by atoms with Crippen LogP contribution in [-0.2, 0) is 6.42 Å². The highest BCUT2D eigenvalue weighted by atomic mass is 15.1. The van der Waals surface area contributed by atoms with Crippen LogP contribution in [0.2, 0.25) is 0 Å². The highest BCUT2D eigenvalue weighted by Crippen LogP contribution is 2.37.